The van der Waals surface area contributed by atoms with Crippen LogP contribution in [0, 0.1) is 0 Å². The van der Waals surface area contributed by atoms with E-state index in [1.165, 1.54) is 22.9 Å². The molecule has 0 unspecified atom stereocenters. The predicted molar refractivity (Wildman–Crippen MR) is 133 cm³/mol. The molecule has 0 spiro atoms. The molecule has 3 N–H and O–H groups in total. The van der Waals surface area contributed by atoms with Crippen LogP contribution in [0.2, 0.25) is 0 Å². The summed E-state index contributed by atoms with van der Waals surface area (Å²) < 4.78 is 1.17. The lowest BCUT2D eigenvalue weighted by atomic mass is 9.96. The zero-order chi connectivity index (χ0) is 20.0. The van der Waals surface area contributed by atoms with Gasteiger partial charge >= 0.3 is 0 Å². The lowest BCUT2D eigenvalue weighted by Gasteiger charge is -2.20. The molecule has 0 bridgehead atoms. The first kappa shape index (κ1) is 23.7. The van der Waals surface area contributed by atoms with E-state index >= 15 is 0 Å². The number of hydrogen-bond donors (Lipinski definition) is 3. The van der Waals surface area contributed by atoms with E-state index in [-0.39, 0.29) is 35.3 Å². The van der Waals surface area contributed by atoms with Gasteiger partial charge in [-0.1, -0.05) is 46.3 Å². The maximum absolute atomic E-state index is 11.8. The smallest absolute Gasteiger partial charge is 0.251 e. The van der Waals surface area contributed by atoms with E-state index in [2.05, 4.69) is 63.1 Å². The van der Waals surface area contributed by atoms with Crippen LogP contribution in [-0.2, 0) is 12.0 Å². The number of rotatable bonds is 7. The lowest BCUT2D eigenvalue weighted by Crippen LogP contribution is -2.41. The minimum absolute atomic E-state index is 0. The Morgan fingerprint density at radius 1 is 1.14 bits per heavy atom. The summed E-state index contributed by atoms with van der Waals surface area (Å²) in [5, 5.41) is 9.48. The molecule has 2 aromatic rings. The van der Waals surface area contributed by atoms with Gasteiger partial charge in [0.15, 0.2) is 5.96 Å². The zero-order valence-electron chi connectivity index (χ0n) is 16.8. The van der Waals surface area contributed by atoms with Gasteiger partial charge in [-0.05, 0) is 49.1 Å². The molecular weight excluding hydrogens is 543 g/mol. The molecule has 7 heteroatoms. The third-order valence-electron chi connectivity index (χ3n) is 5.07. The molecule has 0 aromatic heterocycles. The Morgan fingerprint density at radius 2 is 1.90 bits per heavy atom. The van der Waals surface area contributed by atoms with Crippen molar-refractivity contribution in [2.45, 2.75) is 31.7 Å². The van der Waals surface area contributed by atoms with Crippen LogP contribution in [0.25, 0.3) is 0 Å². The average Bonchev–Trinajstić information content (AvgIpc) is 3.51. The monoisotopic (exact) mass is 570 g/mol. The number of nitrogens with one attached hydrogen (secondary N) is 3. The van der Waals surface area contributed by atoms with Crippen LogP contribution in [0.5, 0.6) is 0 Å². The molecule has 0 saturated heterocycles. The van der Waals surface area contributed by atoms with E-state index in [9.17, 15) is 4.79 Å². The normalized spacial score (nSPS) is 14.5. The van der Waals surface area contributed by atoms with Crippen molar-refractivity contribution >= 4 is 51.8 Å². The fourth-order valence-electron chi connectivity index (χ4n) is 3.30. The second-order valence-corrected chi connectivity index (χ2v) is 7.94. The van der Waals surface area contributed by atoms with Gasteiger partial charge in [0, 0.05) is 35.6 Å². The number of hydrogen-bond acceptors (Lipinski definition) is 2. The van der Waals surface area contributed by atoms with Gasteiger partial charge in [-0.3, -0.25) is 4.79 Å². The van der Waals surface area contributed by atoms with Gasteiger partial charge in [0.05, 0.1) is 6.54 Å². The maximum Gasteiger partial charge on any atom is 0.251 e. The maximum atomic E-state index is 11.8. The molecule has 0 radical (unpaired) electrons. The van der Waals surface area contributed by atoms with Crippen LogP contribution in [0.4, 0.5) is 0 Å². The number of halogens is 2. The summed E-state index contributed by atoms with van der Waals surface area (Å²) in [6, 6.07) is 16.0. The van der Waals surface area contributed by atoms with Crippen LogP contribution in [0.15, 0.2) is 58.0 Å². The van der Waals surface area contributed by atoms with Crippen LogP contribution in [0.1, 0.15) is 41.3 Å². The van der Waals surface area contributed by atoms with E-state index in [0.29, 0.717) is 12.1 Å². The molecule has 0 aliphatic heterocycles. The van der Waals surface area contributed by atoms with Crippen LogP contribution < -0.4 is 16.0 Å². The number of amides is 1. The van der Waals surface area contributed by atoms with Crippen molar-refractivity contribution in [1.82, 2.24) is 16.0 Å². The second kappa shape index (κ2) is 11.0. The van der Waals surface area contributed by atoms with Gasteiger partial charge in [0.1, 0.15) is 0 Å². The van der Waals surface area contributed by atoms with Crippen molar-refractivity contribution in [1.29, 1.82) is 0 Å². The highest BCUT2D eigenvalue weighted by atomic mass is 127. The van der Waals surface area contributed by atoms with Crippen molar-refractivity contribution in [2.75, 3.05) is 20.1 Å². The van der Waals surface area contributed by atoms with E-state index in [1.807, 2.05) is 24.3 Å². The third-order valence-corrected chi connectivity index (χ3v) is 5.76. The zero-order valence-corrected chi connectivity index (χ0v) is 20.7. The highest BCUT2D eigenvalue weighted by Crippen LogP contribution is 2.49. The van der Waals surface area contributed by atoms with Crippen LogP contribution in [0.3, 0.4) is 0 Å². The Hall–Kier alpha value is -1.61. The fraction of sp³-hybridized carbons (Fsp3) is 0.364. The Labute approximate surface area is 198 Å². The molecule has 1 saturated carbocycles. The average molecular weight is 571 g/mol. The number of carbonyl (C=O) groups is 1. The third kappa shape index (κ3) is 6.18. The number of guanidine groups is 1. The van der Waals surface area contributed by atoms with Crippen molar-refractivity contribution in [2.24, 2.45) is 4.99 Å². The Morgan fingerprint density at radius 3 is 2.55 bits per heavy atom. The van der Waals surface area contributed by atoms with Crippen LogP contribution >= 0.6 is 39.9 Å². The van der Waals surface area contributed by atoms with E-state index in [0.717, 1.165) is 24.6 Å². The van der Waals surface area contributed by atoms with Gasteiger partial charge in [0.25, 0.3) is 5.91 Å². The predicted octanol–water partition coefficient (Wildman–Crippen LogP) is 4.21. The SMILES string of the molecule is CCNC(=NCc1cccc(C(=O)NC)c1)NCC1(c2ccccc2Br)CC1.I. The topological polar surface area (TPSA) is 65.5 Å². The quantitative estimate of drug-likeness (QED) is 0.265. The van der Waals surface area contributed by atoms with Crippen molar-refractivity contribution < 1.29 is 4.79 Å². The molecule has 1 amide bonds. The first-order chi connectivity index (χ1) is 13.6. The molecule has 29 heavy (non-hydrogen) atoms. The first-order valence-corrected chi connectivity index (χ1v) is 10.5. The standard InChI is InChI=1S/C22H27BrN4O.HI/c1-3-25-21(26-14-16-7-6-8-17(13-16)20(28)24-2)27-15-22(11-12-22)18-9-4-5-10-19(18)23;/h4-10,13H,3,11-12,14-15H2,1-2H3,(H,24,28)(H2,25,26,27);1H. The number of benzene rings is 2. The molecule has 2 aromatic carbocycles. The Bertz CT molecular complexity index is 867. The molecule has 1 aliphatic carbocycles. The minimum atomic E-state index is -0.0834. The van der Waals surface area contributed by atoms with Crippen molar-refractivity contribution in [3.63, 3.8) is 0 Å². The Kier molecular flexibility index (Phi) is 8.95. The first-order valence-electron chi connectivity index (χ1n) is 9.66. The molecule has 1 aliphatic rings. The van der Waals surface area contributed by atoms with Crippen LogP contribution in [-0.4, -0.2) is 32.0 Å². The summed E-state index contributed by atoms with van der Waals surface area (Å²) in [7, 11) is 1.64. The van der Waals surface area contributed by atoms with Crippen molar-refractivity contribution in [3.8, 4) is 0 Å². The second-order valence-electron chi connectivity index (χ2n) is 7.09. The van der Waals surface area contributed by atoms with Crippen molar-refractivity contribution in [3.05, 3.63) is 69.7 Å². The summed E-state index contributed by atoms with van der Waals surface area (Å²) >= 11 is 3.69. The summed E-state index contributed by atoms with van der Waals surface area (Å²) in [4.78, 5) is 16.5. The van der Waals surface area contributed by atoms with Gasteiger partial charge in [-0.2, -0.15) is 0 Å². The summed E-state index contributed by atoms with van der Waals surface area (Å²) in [6.07, 6.45) is 2.35. The summed E-state index contributed by atoms with van der Waals surface area (Å²) in [6.45, 7) is 4.22. The Balaban J connectivity index is 0.00000300. The highest BCUT2D eigenvalue weighted by molar-refractivity contribution is 14.0. The number of carbonyl (C=O) groups excluding carboxylic acids is 1. The number of aliphatic imine (C=N–C) groups is 1. The lowest BCUT2D eigenvalue weighted by molar-refractivity contribution is 0.0963. The van der Waals surface area contributed by atoms with E-state index in [1.54, 1.807) is 7.05 Å². The minimum Gasteiger partial charge on any atom is -0.357 e. The molecule has 3 rings (SSSR count). The number of nitrogens with zero attached hydrogens (tertiary/aromatic N) is 1. The van der Waals surface area contributed by atoms with Gasteiger partial charge < -0.3 is 16.0 Å². The van der Waals surface area contributed by atoms with Gasteiger partial charge in [0.2, 0.25) is 0 Å². The highest BCUT2D eigenvalue weighted by Gasteiger charge is 2.45. The summed E-state index contributed by atoms with van der Waals surface area (Å²) in [5.41, 5.74) is 3.19. The molecule has 1 fully saturated rings. The molecule has 156 valence electrons. The molecule has 0 atom stereocenters. The fourth-order valence-corrected chi connectivity index (χ4v) is 4.01. The van der Waals surface area contributed by atoms with Gasteiger partial charge in [-0.15, -0.1) is 24.0 Å². The molecular formula is C22H28BrIN4O. The largest absolute Gasteiger partial charge is 0.357 e. The van der Waals surface area contributed by atoms with Gasteiger partial charge in [-0.25, -0.2) is 4.99 Å². The molecule has 0 heterocycles. The summed E-state index contributed by atoms with van der Waals surface area (Å²) in [5.74, 6) is 0.714. The van der Waals surface area contributed by atoms with E-state index < -0.39 is 0 Å². The van der Waals surface area contributed by atoms with E-state index in [4.69, 9.17) is 4.99 Å². The molecule has 5 nitrogen and oxygen atoms in total.